The molecule has 0 aliphatic carbocycles. The fraction of sp³-hybridized carbons (Fsp3) is 0.294. The lowest BCUT2D eigenvalue weighted by molar-refractivity contribution is 0.628. The largest absolute Gasteiger partial charge is 0.345 e. The Morgan fingerprint density at radius 3 is 2.25 bits per heavy atom. The van der Waals surface area contributed by atoms with Gasteiger partial charge in [0.1, 0.15) is 5.82 Å². The van der Waals surface area contributed by atoms with Crippen LogP contribution in [0, 0.1) is 12.7 Å². The van der Waals surface area contributed by atoms with E-state index in [1.54, 1.807) is 12.1 Å². The van der Waals surface area contributed by atoms with Gasteiger partial charge in [-0.05, 0) is 67.8 Å². The predicted molar refractivity (Wildman–Crippen MR) is 83.0 cm³/mol. The number of aryl methyl sites for hydroxylation is 1. The minimum atomic E-state index is -0.217. The molecular formula is C17H21FN2. The Bertz CT molecular complexity index is 576. The fourth-order valence-electron chi connectivity index (χ4n) is 2.28. The normalized spacial score (nSPS) is 12.2. The number of anilines is 2. The third-order valence-corrected chi connectivity index (χ3v) is 3.47. The molecule has 0 aliphatic heterocycles. The second kappa shape index (κ2) is 6.06. The average Bonchev–Trinajstić information content (AvgIpc) is 2.41. The fourth-order valence-corrected chi connectivity index (χ4v) is 2.28. The Hall–Kier alpha value is -1.87. The van der Waals surface area contributed by atoms with Crippen molar-refractivity contribution in [3.8, 4) is 0 Å². The number of halogens is 1. The van der Waals surface area contributed by atoms with E-state index in [2.05, 4.69) is 25.1 Å². The molecule has 0 saturated carbocycles. The summed E-state index contributed by atoms with van der Waals surface area (Å²) in [7, 11) is 1.98. The molecule has 0 spiro atoms. The standard InChI is InChI=1S/C17H21FN2/c1-12-10-17(7-4-14(12)11-13(2)19)20(3)16-8-5-15(18)6-9-16/h4-10,13H,11,19H2,1-3H3. The highest BCUT2D eigenvalue weighted by molar-refractivity contribution is 5.63. The number of nitrogens with zero attached hydrogens (tertiary/aromatic N) is 1. The molecule has 0 aromatic heterocycles. The first-order valence-corrected chi connectivity index (χ1v) is 6.82. The molecule has 0 radical (unpaired) electrons. The molecule has 20 heavy (non-hydrogen) atoms. The van der Waals surface area contributed by atoms with E-state index in [9.17, 15) is 4.39 Å². The zero-order chi connectivity index (χ0) is 14.7. The molecule has 0 saturated heterocycles. The number of hydrogen-bond acceptors (Lipinski definition) is 2. The van der Waals surface area contributed by atoms with Crippen molar-refractivity contribution in [2.45, 2.75) is 26.3 Å². The monoisotopic (exact) mass is 272 g/mol. The van der Waals surface area contributed by atoms with Crippen LogP contribution in [0.3, 0.4) is 0 Å². The Morgan fingerprint density at radius 2 is 1.70 bits per heavy atom. The molecule has 3 heteroatoms. The first-order chi connectivity index (χ1) is 9.47. The van der Waals surface area contributed by atoms with Gasteiger partial charge >= 0.3 is 0 Å². The zero-order valence-electron chi connectivity index (χ0n) is 12.2. The molecule has 2 nitrogen and oxygen atoms in total. The van der Waals surface area contributed by atoms with E-state index in [1.165, 1.54) is 23.3 Å². The van der Waals surface area contributed by atoms with Crippen LogP contribution in [0.15, 0.2) is 42.5 Å². The molecule has 0 aliphatic rings. The van der Waals surface area contributed by atoms with E-state index >= 15 is 0 Å². The summed E-state index contributed by atoms with van der Waals surface area (Å²) in [4.78, 5) is 2.04. The van der Waals surface area contributed by atoms with Crippen molar-refractivity contribution in [2.75, 3.05) is 11.9 Å². The van der Waals surface area contributed by atoms with Gasteiger partial charge in [-0.3, -0.25) is 0 Å². The van der Waals surface area contributed by atoms with Gasteiger partial charge in [-0.25, -0.2) is 4.39 Å². The number of benzene rings is 2. The van der Waals surface area contributed by atoms with Crippen LogP contribution in [-0.4, -0.2) is 13.1 Å². The Balaban J connectivity index is 2.24. The van der Waals surface area contributed by atoms with Crippen molar-refractivity contribution in [1.29, 1.82) is 0 Å². The summed E-state index contributed by atoms with van der Waals surface area (Å²) >= 11 is 0. The highest BCUT2D eigenvalue weighted by Crippen LogP contribution is 2.26. The van der Waals surface area contributed by atoms with Crippen LogP contribution in [0.4, 0.5) is 15.8 Å². The quantitative estimate of drug-likeness (QED) is 0.917. The highest BCUT2D eigenvalue weighted by Gasteiger charge is 2.07. The number of rotatable bonds is 4. The molecule has 0 amide bonds. The third kappa shape index (κ3) is 3.36. The van der Waals surface area contributed by atoms with Gasteiger partial charge in [-0.15, -0.1) is 0 Å². The minimum Gasteiger partial charge on any atom is -0.345 e. The van der Waals surface area contributed by atoms with E-state index in [0.717, 1.165) is 17.8 Å². The van der Waals surface area contributed by atoms with Gasteiger partial charge in [0.05, 0.1) is 0 Å². The summed E-state index contributed by atoms with van der Waals surface area (Å²) in [5.74, 6) is -0.217. The Labute approximate surface area is 120 Å². The van der Waals surface area contributed by atoms with Gasteiger partial charge in [0.15, 0.2) is 0 Å². The van der Waals surface area contributed by atoms with Gasteiger partial charge < -0.3 is 10.6 Å². The SMILES string of the molecule is Cc1cc(N(C)c2ccc(F)cc2)ccc1CC(C)N. The van der Waals surface area contributed by atoms with Gasteiger partial charge in [-0.1, -0.05) is 6.07 Å². The molecule has 1 unspecified atom stereocenters. The van der Waals surface area contributed by atoms with Crippen LogP contribution >= 0.6 is 0 Å². The van der Waals surface area contributed by atoms with E-state index in [4.69, 9.17) is 5.73 Å². The number of hydrogen-bond donors (Lipinski definition) is 1. The third-order valence-electron chi connectivity index (χ3n) is 3.47. The number of nitrogens with two attached hydrogens (primary N) is 1. The van der Waals surface area contributed by atoms with Crippen molar-refractivity contribution in [3.05, 3.63) is 59.4 Å². The zero-order valence-corrected chi connectivity index (χ0v) is 12.2. The Kier molecular flexibility index (Phi) is 4.40. The maximum absolute atomic E-state index is 13.0. The van der Waals surface area contributed by atoms with Gasteiger partial charge in [0.25, 0.3) is 0 Å². The topological polar surface area (TPSA) is 29.3 Å². The minimum absolute atomic E-state index is 0.161. The molecule has 2 rings (SSSR count). The van der Waals surface area contributed by atoms with Crippen molar-refractivity contribution in [2.24, 2.45) is 5.73 Å². The summed E-state index contributed by atoms with van der Waals surface area (Å²) < 4.78 is 13.0. The molecule has 0 bridgehead atoms. The smallest absolute Gasteiger partial charge is 0.123 e. The van der Waals surface area contributed by atoms with Gasteiger partial charge in [0, 0.05) is 24.5 Å². The van der Waals surface area contributed by atoms with Crippen LogP contribution in [0.1, 0.15) is 18.1 Å². The molecule has 0 heterocycles. The Morgan fingerprint density at radius 1 is 1.10 bits per heavy atom. The molecule has 0 fully saturated rings. The highest BCUT2D eigenvalue weighted by atomic mass is 19.1. The average molecular weight is 272 g/mol. The van der Waals surface area contributed by atoms with E-state index in [1.807, 2.05) is 18.9 Å². The summed E-state index contributed by atoms with van der Waals surface area (Å²) in [6.07, 6.45) is 0.881. The molecule has 1 atom stereocenters. The molecule has 2 N–H and O–H groups in total. The van der Waals surface area contributed by atoms with Gasteiger partial charge in [-0.2, -0.15) is 0 Å². The maximum atomic E-state index is 13.0. The lowest BCUT2D eigenvalue weighted by Crippen LogP contribution is -2.18. The van der Waals surface area contributed by atoms with Crippen molar-refractivity contribution in [3.63, 3.8) is 0 Å². The maximum Gasteiger partial charge on any atom is 0.123 e. The second-order valence-electron chi connectivity index (χ2n) is 5.33. The molecular weight excluding hydrogens is 251 g/mol. The van der Waals surface area contributed by atoms with E-state index < -0.39 is 0 Å². The van der Waals surface area contributed by atoms with E-state index in [0.29, 0.717) is 0 Å². The molecule has 106 valence electrons. The van der Waals surface area contributed by atoms with Gasteiger partial charge in [0.2, 0.25) is 0 Å². The van der Waals surface area contributed by atoms with Crippen molar-refractivity contribution in [1.82, 2.24) is 0 Å². The first-order valence-electron chi connectivity index (χ1n) is 6.82. The second-order valence-corrected chi connectivity index (χ2v) is 5.33. The molecule has 2 aromatic carbocycles. The van der Waals surface area contributed by atoms with Crippen molar-refractivity contribution >= 4 is 11.4 Å². The summed E-state index contributed by atoms with van der Waals surface area (Å²) in [6, 6.07) is 13.0. The predicted octanol–water partition coefficient (Wildman–Crippen LogP) is 3.79. The lowest BCUT2D eigenvalue weighted by Gasteiger charge is -2.21. The molecule has 2 aromatic rings. The van der Waals surface area contributed by atoms with Crippen LogP contribution in [0.2, 0.25) is 0 Å². The van der Waals surface area contributed by atoms with Crippen LogP contribution < -0.4 is 10.6 Å². The van der Waals surface area contributed by atoms with Crippen LogP contribution in [-0.2, 0) is 6.42 Å². The summed E-state index contributed by atoms with van der Waals surface area (Å²) in [5, 5.41) is 0. The first kappa shape index (κ1) is 14.5. The van der Waals surface area contributed by atoms with E-state index in [-0.39, 0.29) is 11.9 Å². The van der Waals surface area contributed by atoms with Crippen molar-refractivity contribution < 1.29 is 4.39 Å². The lowest BCUT2D eigenvalue weighted by atomic mass is 10.0. The summed E-state index contributed by atoms with van der Waals surface area (Å²) in [5.41, 5.74) is 10.4. The summed E-state index contributed by atoms with van der Waals surface area (Å²) in [6.45, 7) is 4.11. The van der Waals surface area contributed by atoms with Crippen LogP contribution in [0.25, 0.3) is 0 Å². The van der Waals surface area contributed by atoms with Crippen LogP contribution in [0.5, 0.6) is 0 Å².